The summed E-state index contributed by atoms with van der Waals surface area (Å²) in [6.45, 7) is 2.01. The van der Waals surface area contributed by atoms with Gasteiger partial charge in [0, 0.05) is 17.8 Å². The molecule has 2 atom stereocenters. The molecule has 4 N–H and O–H groups in total. The van der Waals surface area contributed by atoms with Crippen LogP contribution in [0.1, 0.15) is 35.3 Å². The molecule has 1 amide bonds. The van der Waals surface area contributed by atoms with Crippen molar-refractivity contribution in [3.05, 3.63) is 47.8 Å². The largest absolute Gasteiger partial charge is 0.496 e. The standard InChI is InChI=1S/C15H20N4O2/c1-3-12(16)14(11-6-4-5-7-13(11)21-2)19-9-10(8-18-19)15(17)20/h4-9,12,14H,3,16H2,1-2H3,(H2,17,20). The number of nitrogens with two attached hydrogens (primary N) is 2. The number of benzene rings is 1. The topological polar surface area (TPSA) is 96.2 Å². The fraction of sp³-hybridized carbons (Fsp3) is 0.333. The second kappa shape index (κ2) is 6.41. The number of carbonyl (C=O) groups is 1. The van der Waals surface area contributed by atoms with E-state index in [1.165, 1.54) is 6.20 Å². The molecule has 0 fully saturated rings. The van der Waals surface area contributed by atoms with E-state index in [9.17, 15) is 4.79 Å². The van der Waals surface area contributed by atoms with Crippen LogP contribution in [0.2, 0.25) is 0 Å². The second-order valence-electron chi connectivity index (χ2n) is 4.83. The lowest BCUT2D eigenvalue weighted by Gasteiger charge is -2.25. The molecule has 0 aliphatic heterocycles. The van der Waals surface area contributed by atoms with Crippen LogP contribution < -0.4 is 16.2 Å². The minimum Gasteiger partial charge on any atom is -0.496 e. The van der Waals surface area contributed by atoms with Crippen LogP contribution in [0.25, 0.3) is 0 Å². The number of para-hydroxylation sites is 1. The first-order valence-corrected chi connectivity index (χ1v) is 6.81. The fourth-order valence-electron chi connectivity index (χ4n) is 2.32. The van der Waals surface area contributed by atoms with Gasteiger partial charge in [-0.3, -0.25) is 9.48 Å². The molecule has 6 heteroatoms. The van der Waals surface area contributed by atoms with Gasteiger partial charge in [0.05, 0.1) is 24.9 Å². The molecule has 0 aliphatic rings. The first-order valence-electron chi connectivity index (χ1n) is 6.81. The Bertz CT molecular complexity index is 624. The Morgan fingerprint density at radius 1 is 1.43 bits per heavy atom. The van der Waals surface area contributed by atoms with Crippen LogP contribution in [-0.4, -0.2) is 28.8 Å². The molecule has 112 valence electrons. The van der Waals surface area contributed by atoms with Crippen molar-refractivity contribution in [3.63, 3.8) is 0 Å². The zero-order valence-corrected chi connectivity index (χ0v) is 12.2. The number of ether oxygens (including phenoxy) is 1. The van der Waals surface area contributed by atoms with Crippen LogP contribution in [0.3, 0.4) is 0 Å². The van der Waals surface area contributed by atoms with E-state index in [-0.39, 0.29) is 12.1 Å². The molecule has 0 bridgehead atoms. The van der Waals surface area contributed by atoms with E-state index in [4.69, 9.17) is 16.2 Å². The molecule has 0 radical (unpaired) electrons. The highest BCUT2D eigenvalue weighted by Gasteiger charge is 2.25. The average Bonchev–Trinajstić information content (AvgIpc) is 2.97. The number of rotatable bonds is 6. The van der Waals surface area contributed by atoms with Gasteiger partial charge in [0.25, 0.3) is 5.91 Å². The molecule has 2 aromatic rings. The summed E-state index contributed by atoms with van der Waals surface area (Å²) >= 11 is 0. The van der Waals surface area contributed by atoms with Gasteiger partial charge in [-0.15, -0.1) is 0 Å². The number of nitrogens with zero attached hydrogens (tertiary/aromatic N) is 2. The summed E-state index contributed by atoms with van der Waals surface area (Å²) in [7, 11) is 1.62. The highest BCUT2D eigenvalue weighted by molar-refractivity contribution is 5.92. The molecular formula is C15H20N4O2. The van der Waals surface area contributed by atoms with Crippen molar-refractivity contribution in [3.8, 4) is 5.75 Å². The van der Waals surface area contributed by atoms with Crippen LogP contribution in [0.15, 0.2) is 36.7 Å². The molecule has 6 nitrogen and oxygen atoms in total. The van der Waals surface area contributed by atoms with Crippen molar-refractivity contribution >= 4 is 5.91 Å². The van der Waals surface area contributed by atoms with Crippen molar-refractivity contribution in [2.75, 3.05) is 7.11 Å². The number of hydrogen-bond acceptors (Lipinski definition) is 4. The van der Waals surface area contributed by atoms with E-state index in [0.717, 1.165) is 17.7 Å². The Kier molecular flexibility index (Phi) is 4.59. The van der Waals surface area contributed by atoms with Gasteiger partial charge in [0.15, 0.2) is 0 Å². The number of methoxy groups -OCH3 is 1. The Morgan fingerprint density at radius 2 is 2.14 bits per heavy atom. The maximum absolute atomic E-state index is 11.2. The van der Waals surface area contributed by atoms with Crippen LogP contribution in [0.4, 0.5) is 0 Å². The number of amides is 1. The molecule has 0 saturated carbocycles. The fourth-order valence-corrected chi connectivity index (χ4v) is 2.32. The number of aromatic nitrogens is 2. The molecule has 0 spiro atoms. The van der Waals surface area contributed by atoms with Gasteiger partial charge in [-0.2, -0.15) is 5.10 Å². The Balaban J connectivity index is 2.49. The molecule has 1 aromatic carbocycles. The maximum Gasteiger partial charge on any atom is 0.251 e. The van der Waals surface area contributed by atoms with Crippen molar-refractivity contribution in [2.24, 2.45) is 11.5 Å². The van der Waals surface area contributed by atoms with Crippen LogP contribution in [-0.2, 0) is 0 Å². The van der Waals surface area contributed by atoms with Gasteiger partial charge in [-0.25, -0.2) is 0 Å². The normalized spacial score (nSPS) is 13.7. The lowest BCUT2D eigenvalue weighted by molar-refractivity contribution is 0.1000. The predicted octanol–water partition coefficient (Wildman–Crippen LogP) is 1.32. The summed E-state index contributed by atoms with van der Waals surface area (Å²) in [5.74, 6) is 0.229. The third kappa shape index (κ3) is 3.05. The molecule has 0 saturated heterocycles. The smallest absolute Gasteiger partial charge is 0.251 e. The van der Waals surface area contributed by atoms with Gasteiger partial charge in [-0.05, 0) is 12.5 Å². The number of hydrogen-bond donors (Lipinski definition) is 2. The zero-order chi connectivity index (χ0) is 15.4. The van der Waals surface area contributed by atoms with E-state index in [1.54, 1.807) is 18.0 Å². The summed E-state index contributed by atoms with van der Waals surface area (Å²) in [6.07, 6.45) is 3.83. The van der Waals surface area contributed by atoms with Gasteiger partial charge >= 0.3 is 0 Å². The first kappa shape index (κ1) is 15.1. The Labute approximate surface area is 123 Å². The first-order chi connectivity index (χ1) is 10.1. The maximum atomic E-state index is 11.2. The minimum atomic E-state index is -0.509. The quantitative estimate of drug-likeness (QED) is 0.837. The molecule has 1 aromatic heterocycles. The molecule has 2 rings (SSSR count). The van der Waals surface area contributed by atoms with E-state index < -0.39 is 5.91 Å². The summed E-state index contributed by atoms with van der Waals surface area (Å²) in [5.41, 5.74) is 12.8. The lowest BCUT2D eigenvalue weighted by Crippen LogP contribution is -2.33. The van der Waals surface area contributed by atoms with Crippen LogP contribution in [0.5, 0.6) is 5.75 Å². The highest BCUT2D eigenvalue weighted by Crippen LogP contribution is 2.30. The van der Waals surface area contributed by atoms with E-state index in [0.29, 0.717) is 5.56 Å². The minimum absolute atomic E-state index is 0.165. The van der Waals surface area contributed by atoms with E-state index >= 15 is 0 Å². The third-order valence-electron chi connectivity index (χ3n) is 3.51. The SMILES string of the molecule is CCC(N)C(c1ccccc1OC)n1cc(C(N)=O)cn1. The highest BCUT2D eigenvalue weighted by atomic mass is 16.5. The average molecular weight is 288 g/mol. The van der Waals surface area contributed by atoms with Crippen molar-refractivity contribution < 1.29 is 9.53 Å². The van der Waals surface area contributed by atoms with E-state index in [2.05, 4.69) is 5.10 Å². The Morgan fingerprint density at radius 3 is 2.71 bits per heavy atom. The van der Waals surface area contributed by atoms with Gasteiger partial charge in [0.2, 0.25) is 0 Å². The number of carbonyl (C=O) groups excluding carboxylic acids is 1. The van der Waals surface area contributed by atoms with Gasteiger partial charge < -0.3 is 16.2 Å². The molecule has 21 heavy (non-hydrogen) atoms. The van der Waals surface area contributed by atoms with Crippen molar-refractivity contribution in [1.29, 1.82) is 0 Å². The summed E-state index contributed by atoms with van der Waals surface area (Å²) < 4.78 is 7.08. The van der Waals surface area contributed by atoms with Crippen LogP contribution in [0, 0.1) is 0 Å². The Hall–Kier alpha value is -2.34. The predicted molar refractivity (Wildman–Crippen MR) is 80.1 cm³/mol. The van der Waals surface area contributed by atoms with Crippen molar-refractivity contribution in [2.45, 2.75) is 25.4 Å². The third-order valence-corrected chi connectivity index (χ3v) is 3.51. The van der Waals surface area contributed by atoms with Crippen molar-refractivity contribution in [1.82, 2.24) is 9.78 Å². The number of primary amides is 1. The molecule has 0 aliphatic carbocycles. The summed E-state index contributed by atoms with van der Waals surface area (Å²) in [6, 6.07) is 7.26. The second-order valence-corrected chi connectivity index (χ2v) is 4.83. The summed E-state index contributed by atoms with van der Waals surface area (Å²) in [4.78, 5) is 11.2. The summed E-state index contributed by atoms with van der Waals surface area (Å²) in [5, 5.41) is 4.24. The van der Waals surface area contributed by atoms with Crippen LogP contribution >= 0.6 is 0 Å². The molecular weight excluding hydrogens is 268 g/mol. The zero-order valence-electron chi connectivity index (χ0n) is 12.2. The molecule has 2 unspecified atom stereocenters. The lowest BCUT2D eigenvalue weighted by atomic mass is 9.97. The molecule has 1 heterocycles. The van der Waals surface area contributed by atoms with E-state index in [1.807, 2.05) is 31.2 Å². The van der Waals surface area contributed by atoms with Gasteiger partial charge in [-0.1, -0.05) is 25.1 Å². The monoisotopic (exact) mass is 288 g/mol. The van der Waals surface area contributed by atoms with Gasteiger partial charge in [0.1, 0.15) is 5.75 Å².